The molecule has 8 heteroatoms. The Morgan fingerprint density at radius 1 is 1.37 bits per heavy atom. The Kier molecular flexibility index (Phi) is 3.95. The number of aromatic amines is 1. The summed E-state index contributed by atoms with van der Waals surface area (Å²) in [5, 5.41) is 6.23. The molecule has 0 unspecified atom stereocenters. The van der Waals surface area contributed by atoms with Crippen LogP contribution in [0.5, 0.6) is 0 Å². The van der Waals surface area contributed by atoms with Crippen LogP contribution >= 0.6 is 0 Å². The zero-order valence-corrected chi connectivity index (χ0v) is 12.2. The Morgan fingerprint density at radius 2 is 2.00 bits per heavy atom. The summed E-state index contributed by atoms with van der Waals surface area (Å²) in [5.41, 5.74) is 5.66. The number of H-pyrrole nitrogens is 1. The number of nitrogens with one attached hydrogen (secondary N) is 1. The number of nitrogens with two attached hydrogens (primary N) is 1. The molecule has 7 nitrogen and oxygen atoms in total. The molecule has 2 heterocycles. The van der Waals surface area contributed by atoms with Gasteiger partial charge in [0.05, 0.1) is 6.20 Å². The molecule has 0 aliphatic carbocycles. The average Bonchev–Trinajstić information content (AvgIpc) is 2.93. The second-order valence-corrected chi connectivity index (χ2v) is 7.28. The number of piperazine rings is 1. The molecule has 0 aromatic carbocycles. The van der Waals surface area contributed by atoms with Crippen molar-refractivity contribution >= 4 is 10.0 Å². The number of aromatic nitrogens is 2. The predicted molar refractivity (Wildman–Crippen MR) is 72.1 cm³/mol. The van der Waals surface area contributed by atoms with Crippen molar-refractivity contribution in [2.45, 2.75) is 24.3 Å². The molecule has 1 aromatic rings. The smallest absolute Gasteiger partial charge is 0.246 e. The first-order valence-electron chi connectivity index (χ1n) is 6.32. The van der Waals surface area contributed by atoms with E-state index in [0.29, 0.717) is 32.7 Å². The van der Waals surface area contributed by atoms with E-state index < -0.39 is 10.0 Å². The summed E-state index contributed by atoms with van der Waals surface area (Å²) in [6.07, 6.45) is 2.75. The maximum Gasteiger partial charge on any atom is 0.246 e. The van der Waals surface area contributed by atoms with Gasteiger partial charge in [-0.1, -0.05) is 0 Å². The predicted octanol–water partition coefficient (Wildman–Crippen LogP) is -0.547. The molecule has 0 amide bonds. The average molecular weight is 287 g/mol. The summed E-state index contributed by atoms with van der Waals surface area (Å²) in [6.45, 7) is 7.07. The van der Waals surface area contributed by atoms with Gasteiger partial charge < -0.3 is 5.73 Å². The molecule has 1 aromatic heterocycles. The first-order valence-corrected chi connectivity index (χ1v) is 7.76. The van der Waals surface area contributed by atoms with Gasteiger partial charge in [-0.15, -0.1) is 0 Å². The lowest BCUT2D eigenvalue weighted by Gasteiger charge is -2.42. The van der Waals surface area contributed by atoms with E-state index in [1.807, 2.05) is 0 Å². The Labute approximate surface area is 113 Å². The zero-order valence-electron chi connectivity index (χ0n) is 11.3. The largest absolute Gasteiger partial charge is 0.329 e. The lowest BCUT2D eigenvalue weighted by Crippen LogP contribution is -2.58. The van der Waals surface area contributed by atoms with Gasteiger partial charge in [-0.2, -0.15) is 9.40 Å². The molecule has 0 spiro atoms. The van der Waals surface area contributed by atoms with Crippen LogP contribution in [-0.2, 0) is 10.0 Å². The Balaban J connectivity index is 2.05. The van der Waals surface area contributed by atoms with Crippen LogP contribution in [0.15, 0.2) is 17.3 Å². The molecule has 0 atom stereocenters. The van der Waals surface area contributed by atoms with E-state index in [0.717, 1.165) is 0 Å². The molecule has 1 aliphatic rings. The fraction of sp³-hybridized carbons (Fsp3) is 0.727. The van der Waals surface area contributed by atoms with E-state index >= 15 is 0 Å². The molecule has 2 rings (SSSR count). The molecule has 1 saturated heterocycles. The fourth-order valence-corrected chi connectivity index (χ4v) is 3.52. The van der Waals surface area contributed by atoms with Crippen LogP contribution in [-0.4, -0.2) is 66.1 Å². The van der Waals surface area contributed by atoms with E-state index in [1.54, 1.807) is 0 Å². The van der Waals surface area contributed by atoms with Gasteiger partial charge in [-0.3, -0.25) is 10.00 Å². The van der Waals surface area contributed by atoms with E-state index in [4.69, 9.17) is 5.73 Å². The molecule has 1 fully saturated rings. The lowest BCUT2D eigenvalue weighted by atomic mass is 10.0. The number of hydrogen-bond donors (Lipinski definition) is 2. The first kappa shape index (κ1) is 14.4. The normalized spacial score (nSPS) is 19.7. The van der Waals surface area contributed by atoms with Gasteiger partial charge in [0.2, 0.25) is 10.0 Å². The van der Waals surface area contributed by atoms with Crippen LogP contribution in [0.25, 0.3) is 0 Å². The van der Waals surface area contributed by atoms with Crippen LogP contribution in [0.4, 0.5) is 0 Å². The van der Waals surface area contributed by atoms with Gasteiger partial charge in [0.15, 0.2) is 0 Å². The molecule has 0 radical (unpaired) electrons. The highest BCUT2D eigenvalue weighted by molar-refractivity contribution is 7.89. The van der Waals surface area contributed by atoms with Crippen molar-refractivity contribution in [3.8, 4) is 0 Å². The molecular formula is C11H21N5O2S. The van der Waals surface area contributed by atoms with Crippen molar-refractivity contribution in [2.75, 3.05) is 32.7 Å². The Hall–Kier alpha value is -0.960. The van der Waals surface area contributed by atoms with Gasteiger partial charge in [0.1, 0.15) is 4.90 Å². The van der Waals surface area contributed by atoms with Crippen LogP contribution < -0.4 is 5.73 Å². The topological polar surface area (TPSA) is 95.3 Å². The van der Waals surface area contributed by atoms with Crippen LogP contribution in [0, 0.1) is 0 Å². The van der Waals surface area contributed by atoms with E-state index in [2.05, 4.69) is 28.9 Å². The minimum atomic E-state index is -3.41. The third-order valence-corrected chi connectivity index (χ3v) is 5.57. The molecule has 108 valence electrons. The van der Waals surface area contributed by atoms with Crippen molar-refractivity contribution in [2.24, 2.45) is 5.73 Å². The number of hydrogen-bond acceptors (Lipinski definition) is 5. The van der Waals surface area contributed by atoms with Crippen LogP contribution in [0.3, 0.4) is 0 Å². The lowest BCUT2D eigenvalue weighted by molar-refractivity contribution is 0.0850. The molecule has 19 heavy (non-hydrogen) atoms. The number of nitrogens with zero attached hydrogens (tertiary/aromatic N) is 3. The van der Waals surface area contributed by atoms with Crippen molar-refractivity contribution in [1.29, 1.82) is 0 Å². The van der Waals surface area contributed by atoms with Crippen molar-refractivity contribution in [3.05, 3.63) is 12.4 Å². The van der Waals surface area contributed by atoms with Crippen molar-refractivity contribution in [3.63, 3.8) is 0 Å². The monoisotopic (exact) mass is 287 g/mol. The molecule has 1 aliphatic heterocycles. The van der Waals surface area contributed by atoms with Crippen molar-refractivity contribution < 1.29 is 8.42 Å². The first-order chi connectivity index (χ1) is 8.88. The Morgan fingerprint density at radius 3 is 2.47 bits per heavy atom. The quantitative estimate of drug-likeness (QED) is 0.775. The number of sulfonamides is 1. The standard InChI is InChI=1S/C11H21N5O2S/c1-11(2,9-12)15-3-5-16(6-4-15)19(17,18)10-7-13-14-8-10/h7-8H,3-6,9,12H2,1-2H3,(H,13,14). The highest BCUT2D eigenvalue weighted by Gasteiger charge is 2.33. The molecule has 3 N–H and O–H groups in total. The zero-order chi connectivity index (χ0) is 14.1. The third kappa shape index (κ3) is 2.81. The second-order valence-electron chi connectivity index (χ2n) is 5.34. The third-order valence-electron chi connectivity index (χ3n) is 3.71. The summed E-state index contributed by atoms with van der Waals surface area (Å²) < 4.78 is 26.1. The number of rotatable bonds is 4. The molecule has 0 saturated carbocycles. The maximum atomic E-state index is 12.3. The van der Waals surface area contributed by atoms with E-state index in [9.17, 15) is 8.42 Å². The highest BCUT2D eigenvalue weighted by atomic mass is 32.2. The summed E-state index contributed by atoms with van der Waals surface area (Å²) in [5.74, 6) is 0. The SMILES string of the molecule is CC(C)(CN)N1CCN(S(=O)(=O)c2cn[nH]c2)CC1. The van der Waals surface area contributed by atoms with Gasteiger partial charge in [0, 0.05) is 44.5 Å². The Bertz CT molecular complexity index is 503. The molecular weight excluding hydrogens is 266 g/mol. The van der Waals surface area contributed by atoms with E-state index in [-0.39, 0.29) is 10.4 Å². The van der Waals surface area contributed by atoms with Gasteiger partial charge >= 0.3 is 0 Å². The van der Waals surface area contributed by atoms with Crippen LogP contribution in [0.1, 0.15) is 13.8 Å². The molecule has 0 bridgehead atoms. The van der Waals surface area contributed by atoms with E-state index in [1.165, 1.54) is 16.7 Å². The minimum Gasteiger partial charge on any atom is -0.329 e. The van der Waals surface area contributed by atoms with Gasteiger partial charge in [-0.25, -0.2) is 8.42 Å². The summed E-state index contributed by atoms with van der Waals surface area (Å²) in [4.78, 5) is 2.45. The van der Waals surface area contributed by atoms with Gasteiger partial charge in [-0.05, 0) is 13.8 Å². The van der Waals surface area contributed by atoms with Crippen LogP contribution in [0.2, 0.25) is 0 Å². The second kappa shape index (κ2) is 5.20. The summed E-state index contributed by atoms with van der Waals surface area (Å²) in [7, 11) is -3.41. The van der Waals surface area contributed by atoms with Crippen molar-refractivity contribution in [1.82, 2.24) is 19.4 Å². The summed E-state index contributed by atoms with van der Waals surface area (Å²) in [6, 6.07) is 0. The maximum absolute atomic E-state index is 12.3. The summed E-state index contributed by atoms with van der Waals surface area (Å²) >= 11 is 0. The minimum absolute atomic E-state index is 0.0918. The highest BCUT2D eigenvalue weighted by Crippen LogP contribution is 2.20. The fourth-order valence-electron chi connectivity index (χ4n) is 2.19. The van der Waals surface area contributed by atoms with Gasteiger partial charge in [0.25, 0.3) is 0 Å².